The molecule has 0 saturated carbocycles. The summed E-state index contributed by atoms with van der Waals surface area (Å²) in [5, 5.41) is 14.4. The first kappa shape index (κ1) is 6.71. The zero-order valence-electron chi connectivity index (χ0n) is 5.92. The molecule has 0 aliphatic carbocycles. The van der Waals surface area contributed by atoms with Gasteiger partial charge in [-0.2, -0.15) is 5.10 Å². The standard InChI is InChI=1S/C6H3N6/c1-2-9-12-6(7-1)5-3-10-11-4-8-5/h1-2,4H. The molecule has 0 fully saturated rings. The molecule has 1 radical (unpaired) electrons. The van der Waals surface area contributed by atoms with E-state index in [4.69, 9.17) is 0 Å². The van der Waals surface area contributed by atoms with E-state index in [9.17, 15) is 0 Å². The number of hydrogen-bond acceptors (Lipinski definition) is 6. The maximum Gasteiger partial charge on any atom is 0.202 e. The van der Waals surface area contributed by atoms with Gasteiger partial charge in [-0.15, -0.1) is 15.3 Å². The summed E-state index contributed by atoms with van der Waals surface area (Å²) in [5.74, 6) is 0.396. The number of hydrogen-bond donors (Lipinski definition) is 0. The fourth-order valence-electron chi connectivity index (χ4n) is 0.678. The first-order chi connectivity index (χ1) is 5.97. The van der Waals surface area contributed by atoms with Gasteiger partial charge in [-0.25, -0.2) is 9.97 Å². The van der Waals surface area contributed by atoms with Gasteiger partial charge in [-0.1, -0.05) is 0 Å². The van der Waals surface area contributed by atoms with Crippen molar-refractivity contribution in [2.75, 3.05) is 0 Å². The van der Waals surface area contributed by atoms with Crippen LogP contribution in [0.1, 0.15) is 0 Å². The molecule has 12 heavy (non-hydrogen) atoms. The highest BCUT2D eigenvalue weighted by Crippen LogP contribution is 2.03. The van der Waals surface area contributed by atoms with Crippen LogP contribution in [-0.2, 0) is 0 Å². The lowest BCUT2D eigenvalue weighted by Gasteiger charge is -1.91. The average molecular weight is 159 g/mol. The first-order valence-electron chi connectivity index (χ1n) is 3.16. The Balaban J connectivity index is 2.46. The van der Waals surface area contributed by atoms with Crippen molar-refractivity contribution >= 4 is 0 Å². The van der Waals surface area contributed by atoms with Crippen molar-refractivity contribution in [3.63, 3.8) is 0 Å². The topological polar surface area (TPSA) is 77.3 Å². The molecule has 0 amide bonds. The molecule has 0 bridgehead atoms. The molecular weight excluding hydrogens is 156 g/mol. The minimum atomic E-state index is 0.396. The van der Waals surface area contributed by atoms with E-state index >= 15 is 0 Å². The minimum Gasteiger partial charge on any atom is -0.232 e. The summed E-state index contributed by atoms with van der Waals surface area (Å²) in [6.45, 7) is 0. The molecule has 6 nitrogen and oxygen atoms in total. The summed E-state index contributed by atoms with van der Waals surface area (Å²) in [7, 11) is 0. The Morgan fingerprint density at radius 1 is 1.08 bits per heavy atom. The summed E-state index contributed by atoms with van der Waals surface area (Å²) in [6, 6.07) is 0. The summed E-state index contributed by atoms with van der Waals surface area (Å²) in [6.07, 6.45) is 6.87. The molecule has 0 aromatic carbocycles. The molecule has 2 aromatic heterocycles. The van der Waals surface area contributed by atoms with E-state index in [0.717, 1.165) is 0 Å². The zero-order chi connectivity index (χ0) is 8.23. The largest absolute Gasteiger partial charge is 0.232 e. The van der Waals surface area contributed by atoms with Crippen molar-refractivity contribution in [2.45, 2.75) is 0 Å². The minimum absolute atomic E-state index is 0.396. The highest BCUT2D eigenvalue weighted by Gasteiger charge is 2.01. The van der Waals surface area contributed by atoms with Crippen LogP contribution in [0.2, 0.25) is 0 Å². The Labute approximate surface area is 67.7 Å². The van der Waals surface area contributed by atoms with Crippen LogP contribution in [0.15, 0.2) is 18.7 Å². The number of aromatic nitrogens is 6. The molecule has 2 heterocycles. The van der Waals surface area contributed by atoms with Crippen molar-refractivity contribution in [3.05, 3.63) is 24.9 Å². The summed E-state index contributed by atoms with van der Waals surface area (Å²) >= 11 is 0. The first-order valence-corrected chi connectivity index (χ1v) is 3.16. The number of nitrogens with zero attached hydrogens (tertiary/aromatic N) is 6. The van der Waals surface area contributed by atoms with Gasteiger partial charge in [-0.3, -0.25) is 0 Å². The van der Waals surface area contributed by atoms with Gasteiger partial charge in [-0.05, 0) is 0 Å². The summed E-state index contributed by atoms with van der Waals surface area (Å²) in [4.78, 5) is 7.77. The SMILES string of the molecule is [c]1nncnc1-c1nccnn1. The van der Waals surface area contributed by atoms with Gasteiger partial charge < -0.3 is 0 Å². The van der Waals surface area contributed by atoms with E-state index in [-0.39, 0.29) is 0 Å². The van der Waals surface area contributed by atoms with Gasteiger partial charge >= 0.3 is 0 Å². The van der Waals surface area contributed by atoms with E-state index in [1.807, 2.05) is 0 Å². The normalized spacial score (nSPS) is 9.67. The average Bonchev–Trinajstić information content (AvgIpc) is 2.21. The molecule has 0 N–H and O–H groups in total. The molecule has 0 spiro atoms. The lowest BCUT2D eigenvalue weighted by atomic mass is 10.4. The maximum atomic E-state index is 3.91. The lowest BCUT2D eigenvalue weighted by Crippen LogP contribution is -1.94. The monoisotopic (exact) mass is 159 g/mol. The van der Waals surface area contributed by atoms with Crippen LogP contribution >= 0.6 is 0 Å². The molecule has 6 heteroatoms. The van der Waals surface area contributed by atoms with E-state index in [1.165, 1.54) is 18.7 Å². The third-order valence-corrected chi connectivity index (χ3v) is 1.15. The maximum absolute atomic E-state index is 3.91. The Kier molecular flexibility index (Phi) is 1.65. The molecular formula is C6H3N6. The number of rotatable bonds is 1. The quantitative estimate of drug-likeness (QED) is 0.559. The Morgan fingerprint density at radius 3 is 2.75 bits per heavy atom. The Hall–Kier alpha value is -1.98. The molecule has 0 saturated heterocycles. The van der Waals surface area contributed by atoms with Gasteiger partial charge in [0.1, 0.15) is 18.2 Å². The van der Waals surface area contributed by atoms with Crippen LogP contribution in [0.3, 0.4) is 0 Å². The zero-order valence-corrected chi connectivity index (χ0v) is 5.92. The molecule has 0 aliphatic rings. The van der Waals surface area contributed by atoms with Gasteiger partial charge in [0.25, 0.3) is 0 Å². The Bertz CT molecular complexity index is 309. The van der Waals surface area contributed by atoms with Crippen molar-refractivity contribution in [3.8, 4) is 11.5 Å². The van der Waals surface area contributed by atoms with E-state index < -0.39 is 0 Å². The highest BCUT2D eigenvalue weighted by atomic mass is 15.2. The second-order valence-electron chi connectivity index (χ2n) is 1.89. The third kappa shape index (κ3) is 1.22. The smallest absolute Gasteiger partial charge is 0.202 e. The molecule has 0 unspecified atom stereocenters. The van der Waals surface area contributed by atoms with Crippen LogP contribution in [0.4, 0.5) is 0 Å². The van der Waals surface area contributed by atoms with E-state index in [2.05, 4.69) is 36.6 Å². The molecule has 57 valence electrons. The van der Waals surface area contributed by atoms with Crippen LogP contribution in [0, 0.1) is 6.20 Å². The highest BCUT2D eigenvalue weighted by molar-refractivity contribution is 5.43. The molecule has 2 aromatic rings. The molecule has 0 aliphatic heterocycles. The lowest BCUT2D eigenvalue weighted by molar-refractivity contribution is 0.926. The van der Waals surface area contributed by atoms with Gasteiger partial charge in [0, 0.05) is 6.20 Å². The molecule has 2 rings (SSSR count). The third-order valence-electron chi connectivity index (χ3n) is 1.15. The predicted molar refractivity (Wildman–Crippen MR) is 37.5 cm³/mol. The van der Waals surface area contributed by atoms with Gasteiger partial charge in [0.15, 0.2) is 0 Å². The van der Waals surface area contributed by atoms with E-state index in [0.29, 0.717) is 11.5 Å². The van der Waals surface area contributed by atoms with Crippen molar-refractivity contribution < 1.29 is 0 Å². The summed E-state index contributed by atoms with van der Waals surface area (Å²) in [5.41, 5.74) is 0.443. The second-order valence-corrected chi connectivity index (χ2v) is 1.89. The fourth-order valence-corrected chi connectivity index (χ4v) is 0.678. The van der Waals surface area contributed by atoms with E-state index in [1.54, 1.807) is 0 Å². The van der Waals surface area contributed by atoms with Gasteiger partial charge in [0.2, 0.25) is 5.82 Å². The van der Waals surface area contributed by atoms with Crippen LogP contribution < -0.4 is 0 Å². The van der Waals surface area contributed by atoms with Gasteiger partial charge in [0.05, 0.1) is 6.20 Å². The molecule has 0 atom stereocenters. The van der Waals surface area contributed by atoms with Crippen molar-refractivity contribution in [1.82, 2.24) is 30.4 Å². The Morgan fingerprint density at radius 2 is 2.08 bits per heavy atom. The van der Waals surface area contributed by atoms with Crippen molar-refractivity contribution in [2.24, 2.45) is 0 Å². The van der Waals surface area contributed by atoms with Crippen LogP contribution in [-0.4, -0.2) is 30.4 Å². The second kappa shape index (κ2) is 2.95. The van der Waals surface area contributed by atoms with Crippen LogP contribution in [0.5, 0.6) is 0 Å². The van der Waals surface area contributed by atoms with Crippen LogP contribution in [0.25, 0.3) is 11.5 Å². The van der Waals surface area contributed by atoms with Crippen molar-refractivity contribution in [1.29, 1.82) is 0 Å². The fraction of sp³-hybridized carbons (Fsp3) is 0. The predicted octanol–water partition coefficient (Wildman–Crippen LogP) is -0.476. The summed E-state index contributed by atoms with van der Waals surface area (Å²) < 4.78 is 0.